The van der Waals surface area contributed by atoms with Gasteiger partial charge in [-0.3, -0.25) is 0 Å². The molecule has 0 bridgehead atoms. The molecule has 0 radical (unpaired) electrons. The van der Waals surface area contributed by atoms with E-state index in [0.29, 0.717) is 0 Å². The van der Waals surface area contributed by atoms with E-state index in [1.807, 2.05) is 0 Å². The van der Waals surface area contributed by atoms with E-state index in [0.717, 1.165) is 58.2 Å². The minimum absolute atomic E-state index is 0. The molecule has 15 heteroatoms. The zero-order valence-corrected chi connectivity index (χ0v) is 36.7. The molecule has 0 aromatic rings. The molecule has 0 aromatic carbocycles. The standard InChI is InChI=1S/2C4H9.C2H13OP7.C2H9OP3.3W/c2*1-4(2)3;4-9-7-1-3-2-8-10(5)6;4-1-3-2-6-5;;;/h2*1-3H3;7-9H,1-2,4-6H2;6H,1-2,4-5H2;;;/q2*-1;;;;;. The van der Waals surface area contributed by atoms with Gasteiger partial charge in [0.25, 0.3) is 0 Å². The Morgan fingerprint density at radius 3 is 1.41 bits per heavy atom. The van der Waals surface area contributed by atoms with Gasteiger partial charge in [0, 0.05) is 63.2 Å². The fraction of sp³-hybridized carbons (Fsp3) is 0.833. The van der Waals surface area contributed by atoms with E-state index in [9.17, 15) is 0 Å². The molecule has 2 nitrogen and oxygen atoms in total. The van der Waals surface area contributed by atoms with Crippen molar-refractivity contribution in [3.8, 4) is 0 Å². The van der Waals surface area contributed by atoms with Crippen molar-refractivity contribution < 1.29 is 72.7 Å². The molecule has 170 valence electrons. The van der Waals surface area contributed by atoms with Crippen LogP contribution in [0, 0.1) is 11.8 Å². The molecule has 0 aliphatic rings. The van der Waals surface area contributed by atoms with Crippen LogP contribution in [0.3, 0.4) is 0 Å². The Bertz CT molecular complexity index is 185. The second-order valence-electron chi connectivity index (χ2n) is 5.10. The van der Waals surface area contributed by atoms with Gasteiger partial charge in [0.2, 0.25) is 0 Å². The Morgan fingerprint density at radius 2 is 1.19 bits per heavy atom. The van der Waals surface area contributed by atoms with Crippen molar-refractivity contribution in [1.29, 1.82) is 0 Å². The molecule has 0 saturated heterocycles. The van der Waals surface area contributed by atoms with Gasteiger partial charge in [-0.15, -0.1) is 45.0 Å². The molecule has 0 N–H and O–H groups in total. The summed E-state index contributed by atoms with van der Waals surface area (Å²) in [6.07, 6.45) is 3.57. The van der Waals surface area contributed by atoms with Crippen LogP contribution in [0.15, 0.2) is 0 Å². The van der Waals surface area contributed by atoms with Crippen LogP contribution in [0.4, 0.5) is 0 Å². The fourth-order valence-corrected chi connectivity index (χ4v) is 5.53. The summed E-state index contributed by atoms with van der Waals surface area (Å²) in [5.74, 6) is 2.83. The predicted octanol–water partition coefficient (Wildman–Crippen LogP) is 8.13. The summed E-state index contributed by atoms with van der Waals surface area (Å²) in [6, 6.07) is 0. The fourth-order valence-electron chi connectivity index (χ4n) is 0.382. The van der Waals surface area contributed by atoms with E-state index in [4.69, 9.17) is 9.47 Å². The predicted molar refractivity (Wildman–Crippen MR) is 151 cm³/mol. The minimum Gasteiger partial charge on any atom is -0.373 e. The molecule has 0 spiro atoms. The quantitative estimate of drug-likeness (QED) is 0.132. The summed E-state index contributed by atoms with van der Waals surface area (Å²) in [6.45, 7) is 12.6. The van der Waals surface area contributed by atoms with Crippen molar-refractivity contribution in [3.63, 3.8) is 0 Å². The van der Waals surface area contributed by atoms with Crippen LogP contribution in [-0.2, 0) is 72.7 Å². The van der Waals surface area contributed by atoms with Crippen molar-refractivity contribution in [1.82, 2.24) is 0 Å². The van der Waals surface area contributed by atoms with Gasteiger partial charge in [0.1, 0.15) is 0 Å². The third-order valence-electron chi connectivity index (χ3n) is 0.929. The second kappa shape index (κ2) is 49.4. The van der Waals surface area contributed by atoms with Crippen molar-refractivity contribution in [3.05, 3.63) is 11.8 Å². The van der Waals surface area contributed by atoms with E-state index in [1.54, 1.807) is 0 Å². The van der Waals surface area contributed by atoms with Gasteiger partial charge >= 0.3 is 0 Å². The van der Waals surface area contributed by atoms with Gasteiger partial charge in [-0.05, 0) is 6.99 Å². The first-order chi connectivity index (χ1) is 11.1. The molecule has 0 fully saturated rings. The smallest absolute Gasteiger partial charge is 0.0682 e. The molecular weight excluding hydrogens is 1040 g/mol. The van der Waals surface area contributed by atoms with Crippen LogP contribution in [0.5, 0.6) is 0 Å². The van der Waals surface area contributed by atoms with E-state index < -0.39 is 0 Å². The number of hydrogen-bond donors (Lipinski definition) is 0. The van der Waals surface area contributed by atoms with Crippen molar-refractivity contribution >= 4 is 84.7 Å². The van der Waals surface area contributed by atoms with Crippen LogP contribution < -0.4 is 0 Å². The van der Waals surface area contributed by atoms with E-state index >= 15 is 0 Å². The van der Waals surface area contributed by atoms with Crippen molar-refractivity contribution in [2.45, 2.75) is 41.5 Å². The van der Waals surface area contributed by atoms with Crippen LogP contribution in [0.2, 0.25) is 0 Å². The summed E-state index contributed by atoms with van der Waals surface area (Å²) < 4.78 is 10.3. The second-order valence-corrected chi connectivity index (χ2v) is 25.0. The molecule has 27 heavy (non-hydrogen) atoms. The Morgan fingerprint density at radius 1 is 0.778 bits per heavy atom. The number of ether oxygens (including phenoxy) is 2. The van der Waals surface area contributed by atoms with E-state index in [2.05, 4.69) is 86.5 Å². The van der Waals surface area contributed by atoms with Gasteiger partial charge in [0.05, 0.1) is 25.4 Å². The van der Waals surface area contributed by atoms with Crippen LogP contribution in [0.25, 0.3) is 0 Å². The zero-order valence-electron chi connectivity index (χ0n) is 17.2. The van der Waals surface area contributed by atoms with Gasteiger partial charge in [0.15, 0.2) is 0 Å². The maximum absolute atomic E-state index is 5.39. The molecule has 9 atom stereocenters. The van der Waals surface area contributed by atoms with E-state index in [1.165, 1.54) is 11.8 Å². The molecule has 0 heterocycles. The largest absolute Gasteiger partial charge is 0.373 e. The van der Waals surface area contributed by atoms with Crippen molar-refractivity contribution in [2.75, 3.05) is 25.4 Å². The summed E-state index contributed by atoms with van der Waals surface area (Å²) in [7, 11) is 17.3. The van der Waals surface area contributed by atoms with E-state index in [-0.39, 0.29) is 70.2 Å². The van der Waals surface area contributed by atoms with Gasteiger partial charge in [-0.1, -0.05) is 32.8 Å². The molecule has 9 unspecified atom stereocenters. The van der Waals surface area contributed by atoms with Crippen LogP contribution >= 0.6 is 84.7 Å². The monoisotopic (exact) mass is 1080 g/mol. The average Bonchev–Trinajstić information content (AvgIpc) is 2.44. The Hall–Kier alpha value is 6.28. The number of hydrogen-bond acceptors (Lipinski definition) is 2. The Kier molecular flexibility index (Phi) is 91.9. The average molecular weight is 1080 g/mol. The molecule has 0 amide bonds. The van der Waals surface area contributed by atoms with Gasteiger partial charge in [-0.2, -0.15) is 41.5 Å². The minimum atomic E-state index is 0. The van der Waals surface area contributed by atoms with Crippen LogP contribution in [0.1, 0.15) is 41.5 Å². The molecule has 0 rings (SSSR count). The zero-order chi connectivity index (χ0) is 19.8. The molecule has 0 saturated carbocycles. The van der Waals surface area contributed by atoms with Crippen LogP contribution in [-0.4, -0.2) is 25.4 Å². The first-order valence-electron chi connectivity index (χ1n) is 7.19. The summed E-state index contributed by atoms with van der Waals surface area (Å²) in [5, 5.41) is 0. The third kappa shape index (κ3) is 112. The molecule has 0 aliphatic heterocycles. The SMILES string of the molecule is C[C-](C)C.C[C-](C)C.PCOCPP.PPPCOCPP(P)P.[W].[W].[W]. The molecular formula is C12H40O2P10W3-2. The summed E-state index contributed by atoms with van der Waals surface area (Å²) in [5.41, 5.74) is 0. The van der Waals surface area contributed by atoms with Gasteiger partial charge in [-0.25, -0.2) is 0 Å². The number of rotatable bonds is 9. The van der Waals surface area contributed by atoms with Gasteiger partial charge < -0.3 is 21.3 Å². The molecule has 0 aromatic heterocycles. The normalized spacial score (nSPS) is 10.4. The maximum atomic E-state index is 5.39. The Labute approximate surface area is 233 Å². The summed E-state index contributed by atoms with van der Waals surface area (Å²) >= 11 is 0. The Balaban J connectivity index is -0.0000000411. The van der Waals surface area contributed by atoms with Crippen molar-refractivity contribution in [2.24, 2.45) is 0 Å². The third-order valence-corrected chi connectivity index (χ3v) is 10.9. The first-order valence-corrected chi connectivity index (χ1v) is 22.7. The summed E-state index contributed by atoms with van der Waals surface area (Å²) in [4.78, 5) is 0. The topological polar surface area (TPSA) is 18.5 Å². The maximum Gasteiger partial charge on any atom is 0.0682 e. The molecule has 0 aliphatic carbocycles. The first kappa shape index (κ1) is 50.2.